The van der Waals surface area contributed by atoms with Crippen LogP contribution in [0.25, 0.3) is 0 Å². The van der Waals surface area contributed by atoms with E-state index in [0.717, 1.165) is 0 Å². The van der Waals surface area contributed by atoms with Crippen molar-refractivity contribution >= 4 is 6.29 Å². The molecule has 0 aromatic carbocycles. The zero-order chi connectivity index (χ0) is 11.5. The Balaban J connectivity index is 4.59. The molecule has 84 valence electrons. The van der Waals surface area contributed by atoms with Crippen molar-refractivity contribution in [2.24, 2.45) is 0 Å². The van der Waals surface area contributed by atoms with Gasteiger partial charge >= 0.3 is 0 Å². The molecule has 5 atom stereocenters. The van der Waals surface area contributed by atoms with Crippen LogP contribution in [0.1, 0.15) is 0 Å². The molecule has 0 saturated carbocycles. The summed E-state index contributed by atoms with van der Waals surface area (Å²) in [5.41, 5.74) is 0. The summed E-state index contributed by atoms with van der Waals surface area (Å²) in [5, 5.41) is 42.5. The molecule has 0 rings (SSSR count). The summed E-state index contributed by atoms with van der Waals surface area (Å²) in [6, 6.07) is 0. The van der Waals surface area contributed by atoms with Crippen LogP contribution in [0.4, 0.5) is 8.78 Å². The SMILES string of the molecule is O=C[C@H](O)[C@@H](O)[C@H](O)[C@@](O)(F)[C@H](O)F. The van der Waals surface area contributed by atoms with Crippen LogP contribution in [-0.4, -0.2) is 62.3 Å². The van der Waals surface area contributed by atoms with Gasteiger partial charge in [0.05, 0.1) is 0 Å². The van der Waals surface area contributed by atoms with Crippen molar-refractivity contribution in [1.29, 1.82) is 0 Å². The van der Waals surface area contributed by atoms with Gasteiger partial charge in [-0.2, -0.15) is 0 Å². The Morgan fingerprint density at radius 1 is 1.21 bits per heavy atom. The highest BCUT2D eigenvalue weighted by molar-refractivity contribution is 5.56. The molecule has 14 heavy (non-hydrogen) atoms. The third kappa shape index (κ3) is 2.66. The number of halogens is 2. The predicted molar refractivity (Wildman–Crippen MR) is 37.3 cm³/mol. The van der Waals surface area contributed by atoms with Gasteiger partial charge < -0.3 is 30.3 Å². The molecule has 0 aliphatic carbocycles. The second kappa shape index (κ2) is 4.71. The molecule has 0 bridgehead atoms. The minimum atomic E-state index is -4.16. The van der Waals surface area contributed by atoms with E-state index in [1.807, 2.05) is 0 Å². The van der Waals surface area contributed by atoms with Gasteiger partial charge in [0.2, 0.25) is 0 Å². The third-order valence-electron chi connectivity index (χ3n) is 1.56. The number of aliphatic hydroxyl groups excluding tert-OH is 4. The second-order valence-corrected chi connectivity index (χ2v) is 2.63. The van der Waals surface area contributed by atoms with Crippen LogP contribution in [0.15, 0.2) is 0 Å². The average molecular weight is 216 g/mol. The first-order valence-electron chi connectivity index (χ1n) is 3.48. The molecule has 6 nitrogen and oxygen atoms in total. The lowest BCUT2D eigenvalue weighted by molar-refractivity contribution is -0.283. The summed E-state index contributed by atoms with van der Waals surface area (Å²) < 4.78 is 24.6. The molecule has 0 aromatic heterocycles. The monoisotopic (exact) mass is 216 g/mol. The first kappa shape index (κ1) is 13.3. The first-order valence-corrected chi connectivity index (χ1v) is 3.48. The van der Waals surface area contributed by atoms with Crippen molar-refractivity contribution in [2.75, 3.05) is 0 Å². The highest BCUT2D eigenvalue weighted by atomic mass is 19.2. The van der Waals surface area contributed by atoms with E-state index >= 15 is 0 Å². The average Bonchev–Trinajstić information content (AvgIpc) is 2.13. The van der Waals surface area contributed by atoms with Gasteiger partial charge in [-0.15, -0.1) is 0 Å². The molecule has 0 fully saturated rings. The minimum Gasteiger partial charge on any atom is -0.387 e. The standard InChI is InChI=1S/C6H10F2O6/c7-5(13)6(8,14)4(12)3(11)2(10)1-9/h1-5,10-14H/t2-,3+,4-,5-,6-/m0/s1. The molecule has 0 heterocycles. The topological polar surface area (TPSA) is 118 Å². The molecule has 8 heteroatoms. The summed E-state index contributed by atoms with van der Waals surface area (Å²) in [6.45, 7) is 0. The molecule has 0 radical (unpaired) electrons. The van der Waals surface area contributed by atoms with Crippen LogP contribution < -0.4 is 0 Å². The van der Waals surface area contributed by atoms with E-state index in [4.69, 9.17) is 25.5 Å². The third-order valence-corrected chi connectivity index (χ3v) is 1.56. The summed E-state index contributed by atoms with van der Waals surface area (Å²) in [7, 11) is 0. The second-order valence-electron chi connectivity index (χ2n) is 2.63. The zero-order valence-corrected chi connectivity index (χ0v) is 6.79. The van der Waals surface area contributed by atoms with Crippen molar-refractivity contribution < 1.29 is 39.1 Å². The maximum atomic E-state index is 12.6. The van der Waals surface area contributed by atoms with Gasteiger partial charge in [-0.25, -0.2) is 8.78 Å². The normalized spacial score (nSPS) is 24.5. The van der Waals surface area contributed by atoms with Crippen LogP contribution in [0.2, 0.25) is 0 Å². The number of hydrogen-bond acceptors (Lipinski definition) is 6. The van der Waals surface area contributed by atoms with E-state index in [1.54, 1.807) is 0 Å². The lowest BCUT2D eigenvalue weighted by Crippen LogP contribution is -2.55. The summed E-state index contributed by atoms with van der Waals surface area (Å²) in [4.78, 5) is 9.87. The van der Waals surface area contributed by atoms with Crippen LogP contribution in [0.3, 0.4) is 0 Å². The van der Waals surface area contributed by atoms with Gasteiger partial charge in [0.25, 0.3) is 12.2 Å². The van der Waals surface area contributed by atoms with E-state index in [1.165, 1.54) is 0 Å². The lowest BCUT2D eigenvalue weighted by atomic mass is 10.0. The molecule has 0 spiro atoms. The predicted octanol–water partition coefficient (Wildman–Crippen LogP) is -2.79. The van der Waals surface area contributed by atoms with Crippen molar-refractivity contribution in [3.8, 4) is 0 Å². The van der Waals surface area contributed by atoms with E-state index in [0.29, 0.717) is 0 Å². The first-order chi connectivity index (χ1) is 6.25. The van der Waals surface area contributed by atoms with Crippen LogP contribution in [-0.2, 0) is 4.79 Å². The number of aldehydes is 1. The fraction of sp³-hybridized carbons (Fsp3) is 0.833. The van der Waals surface area contributed by atoms with Crippen molar-refractivity contribution in [1.82, 2.24) is 0 Å². The Hall–Kier alpha value is -0.670. The number of alkyl halides is 2. The van der Waals surface area contributed by atoms with Crippen LogP contribution >= 0.6 is 0 Å². The molecule has 5 N–H and O–H groups in total. The summed E-state index contributed by atoms with van der Waals surface area (Å²) in [6.07, 6.45) is -11.2. The molecular formula is C6H10F2O6. The van der Waals surface area contributed by atoms with Crippen molar-refractivity contribution in [2.45, 2.75) is 30.5 Å². The minimum absolute atomic E-state index is 0.255. The smallest absolute Gasteiger partial charge is 0.291 e. The van der Waals surface area contributed by atoms with Gasteiger partial charge in [0, 0.05) is 0 Å². The molecule has 0 aromatic rings. The van der Waals surface area contributed by atoms with Gasteiger partial charge in [-0.1, -0.05) is 0 Å². The van der Waals surface area contributed by atoms with Gasteiger partial charge in [0.1, 0.15) is 18.3 Å². The largest absolute Gasteiger partial charge is 0.387 e. The Morgan fingerprint density at radius 3 is 1.93 bits per heavy atom. The number of hydrogen-bond donors (Lipinski definition) is 5. The van der Waals surface area contributed by atoms with E-state index in [-0.39, 0.29) is 6.29 Å². The van der Waals surface area contributed by atoms with E-state index in [2.05, 4.69) is 0 Å². The zero-order valence-electron chi connectivity index (χ0n) is 6.79. The number of rotatable bonds is 5. The van der Waals surface area contributed by atoms with Gasteiger partial charge in [-0.3, -0.25) is 0 Å². The molecular weight excluding hydrogens is 206 g/mol. The quantitative estimate of drug-likeness (QED) is 0.317. The Kier molecular flexibility index (Phi) is 4.49. The lowest BCUT2D eigenvalue weighted by Gasteiger charge is -2.29. The highest BCUT2D eigenvalue weighted by Crippen LogP contribution is 2.22. The van der Waals surface area contributed by atoms with Crippen LogP contribution in [0, 0.1) is 0 Å². The maximum Gasteiger partial charge on any atom is 0.291 e. The molecule has 0 unspecified atom stereocenters. The van der Waals surface area contributed by atoms with Gasteiger partial charge in [-0.05, 0) is 0 Å². The molecule has 0 amide bonds. The summed E-state index contributed by atoms with van der Waals surface area (Å²) in [5.74, 6) is -4.16. The molecule has 0 saturated heterocycles. The highest BCUT2D eigenvalue weighted by Gasteiger charge is 2.49. The fourth-order valence-electron chi connectivity index (χ4n) is 0.648. The fourth-order valence-corrected chi connectivity index (χ4v) is 0.648. The van der Waals surface area contributed by atoms with E-state index in [9.17, 15) is 13.6 Å². The number of aliphatic hydroxyl groups is 5. The van der Waals surface area contributed by atoms with E-state index < -0.39 is 30.5 Å². The van der Waals surface area contributed by atoms with Crippen LogP contribution in [0.5, 0.6) is 0 Å². The Morgan fingerprint density at radius 2 is 1.64 bits per heavy atom. The Bertz CT molecular complexity index is 197. The molecule has 0 aliphatic heterocycles. The Labute approximate surface area is 77.0 Å². The van der Waals surface area contributed by atoms with Crippen molar-refractivity contribution in [3.05, 3.63) is 0 Å². The molecule has 0 aliphatic rings. The summed E-state index contributed by atoms with van der Waals surface area (Å²) >= 11 is 0. The number of carbonyl (C=O) groups excluding carboxylic acids is 1. The maximum absolute atomic E-state index is 12.6. The van der Waals surface area contributed by atoms with Crippen molar-refractivity contribution in [3.63, 3.8) is 0 Å². The number of carbonyl (C=O) groups is 1. The van der Waals surface area contributed by atoms with Gasteiger partial charge in [0.15, 0.2) is 6.29 Å².